The molecule has 0 saturated heterocycles. The number of aromatic amines is 1. The summed E-state index contributed by atoms with van der Waals surface area (Å²) in [5, 5.41) is 0. The van der Waals surface area contributed by atoms with Crippen LogP contribution in [0, 0.1) is 0 Å². The van der Waals surface area contributed by atoms with Crippen LogP contribution in [-0.2, 0) is 12.8 Å². The number of fused-ring (bicyclic) bond motifs is 1. The Bertz CT molecular complexity index is 639. The van der Waals surface area contributed by atoms with Crippen LogP contribution in [0.5, 0.6) is 0 Å². The lowest BCUT2D eigenvalue weighted by atomic mass is 10.2. The van der Waals surface area contributed by atoms with Gasteiger partial charge in [0, 0.05) is 11.6 Å². The standard InChI is InChI=1S/C13H16N4O/c1-8(2)17-7-14-6-11(17)12-15-10-5-3-4-9(10)13(18)16-12/h6-8H,3-5H2,1-2H3,(H,15,16,18). The van der Waals surface area contributed by atoms with E-state index >= 15 is 0 Å². The number of hydrogen-bond donors (Lipinski definition) is 1. The van der Waals surface area contributed by atoms with E-state index in [0.717, 1.165) is 36.2 Å². The minimum atomic E-state index is 0.00371. The summed E-state index contributed by atoms with van der Waals surface area (Å²) in [5.41, 5.74) is 2.68. The molecule has 0 unspecified atom stereocenters. The van der Waals surface area contributed by atoms with Gasteiger partial charge in [-0.2, -0.15) is 0 Å². The normalized spacial score (nSPS) is 14.2. The average Bonchev–Trinajstić information content (AvgIpc) is 2.97. The second-order valence-electron chi connectivity index (χ2n) is 4.97. The summed E-state index contributed by atoms with van der Waals surface area (Å²) >= 11 is 0. The highest BCUT2D eigenvalue weighted by Crippen LogP contribution is 2.21. The van der Waals surface area contributed by atoms with Crippen molar-refractivity contribution in [3.8, 4) is 11.5 Å². The van der Waals surface area contributed by atoms with Gasteiger partial charge in [0.05, 0.1) is 18.2 Å². The molecule has 3 rings (SSSR count). The highest BCUT2D eigenvalue weighted by Gasteiger charge is 2.19. The van der Waals surface area contributed by atoms with Crippen LogP contribution in [0.15, 0.2) is 17.3 Å². The highest BCUT2D eigenvalue weighted by molar-refractivity contribution is 5.49. The van der Waals surface area contributed by atoms with Crippen LogP contribution in [0.1, 0.15) is 37.6 Å². The minimum Gasteiger partial charge on any atom is -0.326 e. The molecule has 0 fully saturated rings. The zero-order chi connectivity index (χ0) is 12.7. The van der Waals surface area contributed by atoms with Gasteiger partial charge in [0.2, 0.25) is 0 Å². The van der Waals surface area contributed by atoms with Crippen molar-refractivity contribution >= 4 is 0 Å². The molecule has 18 heavy (non-hydrogen) atoms. The van der Waals surface area contributed by atoms with Crippen LogP contribution in [0.4, 0.5) is 0 Å². The number of nitrogens with one attached hydrogen (secondary N) is 1. The lowest BCUT2D eigenvalue weighted by molar-refractivity contribution is 0.603. The van der Waals surface area contributed by atoms with E-state index in [1.807, 2.05) is 4.57 Å². The smallest absolute Gasteiger partial charge is 0.254 e. The summed E-state index contributed by atoms with van der Waals surface area (Å²) in [6.07, 6.45) is 6.30. The van der Waals surface area contributed by atoms with Gasteiger partial charge in [0.25, 0.3) is 5.56 Å². The van der Waals surface area contributed by atoms with Crippen LogP contribution in [-0.4, -0.2) is 19.5 Å². The quantitative estimate of drug-likeness (QED) is 0.874. The highest BCUT2D eigenvalue weighted by atomic mass is 16.1. The summed E-state index contributed by atoms with van der Waals surface area (Å²) in [7, 11) is 0. The molecule has 5 nitrogen and oxygen atoms in total. The second-order valence-corrected chi connectivity index (χ2v) is 4.97. The first-order chi connectivity index (χ1) is 8.66. The van der Waals surface area contributed by atoms with Crippen molar-refractivity contribution in [1.82, 2.24) is 19.5 Å². The van der Waals surface area contributed by atoms with E-state index in [0.29, 0.717) is 11.9 Å². The molecule has 0 atom stereocenters. The molecule has 0 aliphatic heterocycles. The third-order valence-electron chi connectivity index (χ3n) is 3.41. The fourth-order valence-corrected chi connectivity index (χ4v) is 2.46. The molecule has 5 heteroatoms. The lowest BCUT2D eigenvalue weighted by Crippen LogP contribution is -2.16. The van der Waals surface area contributed by atoms with Gasteiger partial charge in [0.1, 0.15) is 5.69 Å². The fourth-order valence-electron chi connectivity index (χ4n) is 2.46. The van der Waals surface area contributed by atoms with E-state index in [1.54, 1.807) is 12.5 Å². The Labute approximate surface area is 105 Å². The molecule has 2 aromatic heterocycles. The van der Waals surface area contributed by atoms with Gasteiger partial charge in [-0.15, -0.1) is 0 Å². The Hall–Kier alpha value is -1.91. The van der Waals surface area contributed by atoms with Gasteiger partial charge in [-0.05, 0) is 33.1 Å². The van der Waals surface area contributed by atoms with Crippen LogP contribution in [0.3, 0.4) is 0 Å². The van der Waals surface area contributed by atoms with Crippen LogP contribution in [0.2, 0.25) is 0 Å². The molecule has 0 spiro atoms. The zero-order valence-electron chi connectivity index (χ0n) is 10.6. The Morgan fingerprint density at radius 3 is 3.00 bits per heavy atom. The van der Waals surface area contributed by atoms with Crippen molar-refractivity contribution in [3.05, 3.63) is 34.1 Å². The molecule has 94 valence electrons. The Kier molecular flexibility index (Phi) is 2.54. The maximum Gasteiger partial charge on any atom is 0.254 e. The number of H-pyrrole nitrogens is 1. The minimum absolute atomic E-state index is 0.00371. The third-order valence-corrected chi connectivity index (χ3v) is 3.41. The van der Waals surface area contributed by atoms with E-state index in [2.05, 4.69) is 28.8 Å². The van der Waals surface area contributed by atoms with E-state index in [9.17, 15) is 4.79 Å². The first kappa shape index (κ1) is 11.2. The Morgan fingerprint density at radius 2 is 2.22 bits per heavy atom. The first-order valence-corrected chi connectivity index (χ1v) is 6.31. The molecular formula is C13H16N4O. The zero-order valence-corrected chi connectivity index (χ0v) is 10.6. The van der Waals surface area contributed by atoms with Gasteiger partial charge in [-0.1, -0.05) is 0 Å². The van der Waals surface area contributed by atoms with Gasteiger partial charge >= 0.3 is 0 Å². The second kappa shape index (κ2) is 4.08. The molecule has 2 heterocycles. The SMILES string of the molecule is CC(C)n1cncc1-c1nc2c(c(=O)[nH]1)CCC2. The van der Waals surface area contributed by atoms with Gasteiger partial charge in [0.15, 0.2) is 5.82 Å². The summed E-state index contributed by atoms with van der Waals surface area (Å²) in [5.74, 6) is 0.631. The summed E-state index contributed by atoms with van der Waals surface area (Å²) in [6, 6.07) is 0.293. The van der Waals surface area contributed by atoms with Crippen LogP contribution < -0.4 is 5.56 Å². The van der Waals surface area contributed by atoms with Crippen molar-refractivity contribution in [2.45, 2.75) is 39.2 Å². The number of aryl methyl sites for hydroxylation is 1. The van der Waals surface area contributed by atoms with E-state index < -0.39 is 0 Å². The van der Waals surface area contributed by atoms with Crippen molar-refractivity contribution in [2.75, 3.05) is 0 Å². The molecular weight excluding hydrogens is 228 g/mol. The number of imidazole rings is 1. The van der Waals surface area contributed by atoms with E-state index in [4.69, 9.17) is 0 Å². The van der Waals surface area contributed by atoms with Crippen molar-refractivity contribution < 1.29 is 0 Å². The Morgan fingerprint density at radius 1 is 1.39 bits per heavy atom. The summed E-state index contributed by atoms with van der Waals surface area (Å²) < 4.78 is 2.01. The lowest BCUT2D eigenvalue weighted by Gasteiger charge is -2.11. The number of hydrogen-bond acceptors (Lipinski definition) is 3. The van der Waals surface area contributed by atoms with Gasteiger partial charge in [-0.3, -0.25) is 4.79 Å². The maximum absolute atomic E-state index is 12.0. The first-order valence-electron chi connectivity index (χ1n) is 6.31. The van der Waals surface area contributed by atoms with Crippen LogP contribution in [0.25, 0.3) is 11.5 Å². The third kappa shape index (κ3) is 1.66. The molecule has 1 aliphatic rings. The Balaban J connectivity index is 2.15. The molecule has 0 amide bonds. The topological polar surface area (TPSA) is 63.6 Å². The van der Waals surface area contributed by atoms with Gasteiger partial charge < -0.3 is 9.55 Å². The summed E-state index contributed by atoms with van der Waals surface area (Å²) in [6.45, 7) is 4.16. The summed E-state index contributed by atoms with van der Waals surface area (Å²) in [4.78, 5) is 23.6. The molecule has 1 N–H and O–H groups in total. The fraction of sp³-hybridized carbons (Fsp3) is 0.462. The van der Waals surface area contributed by atoms with Crippen molar-refractivity contribution in [1.29, 1.82) is 0 Å². The molecule has 1 aliphatic carbocycles. The monoisotopic (exact) mass is 244 g/mol. The number of nitrogens with zero attached hydrogens (tertiary/aromatic N) is 3. The predicted molar refractivity (Wildman–Crippen MR) is 68.5 cm³/mol. The molecule has 0 radical (unpaired) electrons. The van der Waals surface area contributed by atoms with E-state index in [1.165, 1.54) is 0 Å². The number of aromatic nitrogens is 4. The van der Waals surface area contributed by atoms with E-state index in [-0.39, 0.29) is 5.56 Å². The van der Waals surface area contributed by atoms with Gasteiger partial charge in [-0.25, -0.2) is 9.97 Å². The molecule has 0 aromatic carbocycles. The van der Waals surface area contributed by atoms with Crippen molar-refractivity contribution in [3.63, 3.8) is 0 Å². The van der Waals surface area contributed by atoms with Crippen LogP contribution >= 0.6 is 0 Å². The molecule has 2 aromatic rings. The average molecular weight is 244 g/mol. The van der Waals surface area contributed by atoms with Crippen molar-refractivity contribution in [2.24, 2.45) is 0 Å². The largest absolute Gasteiger partial charge is 0.326 e. The maximum atomic E-state index is 12.0. The molecule has 0 saturated carbocycles. The number of rotatable bonds is 2. The predicted octanol–water partition coefficient (Wildman–Crippen LogP) is 1.70. The molecule has 0 bridgehead atoms.